The Morgan fingerprint density at radius 3 is 2.07 bits per heavy atom. The van der Waals surface area contributed by atoms with E-state index in [4.69, 9.17) is 23.2 Å². The van der Waals surface area contributed by atoms with Crippen LogP contribution in [0.25, 0.3) is 0 Å². The van der Waals surface area contributed by atoms with Crippen LogP contribution in [0.1, 0.15) is 21.5 Å². The molecule has 150 valence electrons. The van der Waals surface area contributed by atoms with Gasteiger partial charge in [0.15, 0.2) is 0 Å². The van der Waals surface area contributed by atoms with Gasteiger partial charge in [0.25, 0.3) is 15.9 Å². The Morgan fingerprint density at radius 2 is 1.45 bits per heavy atom. The molecule has 3 aromatic rings. The van der Waals surface area contributed by atoms with Crippen molar-refractivity contribution in [2.75, 3.05) is 10.0 Å². The minimum Gasteiger partial charge on any atom is -0.322 e. The molecule has 0 aromatic heterocycles. The van der Waals surface area contributed by atoms with Crippen molar-refractivity contribution in [2.45, 2.75) is 18.7 Å². The molecule has 3 rings (SSSR count). The van der Waals surface area contributed by atoms with Crippen molar-refractivity contribution < 1.29 is 13.2 Å². The van der Waals surface area contributed by atoms with E-state index in [2.05, 4.69) is 10.0 Å². The van der Waals surface area contributed by atoms with Crippen molar-refractivity contribution in [2.24, 2.45) is 0 Å². The maximum absolute atomic E-state index is 12.9. The van der Waals surface area contributed by atoms with Gasteiger partial charge in [-0.15, -0.1) is 0 Å². The number of anilines is 2. The highest BCUT2D eigenvalue weighted by atomic mass is 35.5. The van der Waals surface area contributed by atoms with Crippen molar-refractivity contribution in [3.8, 4) is 0 Å². The lowest BCUT2D eigenvalue weighted by Crippen LogP contribution is -2.17. The summed E-state index contributed by atoms with van der Waals surface area (Å²) in [6.45, 7) is 3.58. The van der Waals surface area contributed by atoms with Crippen LogP contribution in [0.2, 0.25) is 10.0 Å². The van der Waals surface area contributed by atoms with Crippen LogP contribution in [0.15, 0.2) is 65.6 Å². The fourth-order valence-electron chi connectivity index (χ4n) is 2.69. The standard InChI is InChI=1S/C21H18Cl2N2O3S/c1-13-3-7-18(8-4-13)25-29(27,28)20-9-15(6-5-14(20)2)21(26)24-19-11-16(22)10-17(23)12-19/h3-12,25H,1-2H3,(H,24,26). The van der Waals surface area contributed by atoms with Gasteiger partial charge in [-0.05, 0) is 61.9 Å². The third-order valence-corrected chi connectivity index (χ3v) is 6.12. The van der Waals surface area contributed by atoms with E-state index >= 15 is 0 Å². The minimum absolute atomic E-state index is 0.0230. The van der Waals surface area contributed by atoms with Crippen molar-refractivity contribution in [1.29, 1.82) is 0 Å². The number of carbonyl (C=O) groups excluding carboxylic acids is 1. The summed E-state index contributed by atoms with van der Waals surface area (Å²) in [4.78, 5) is 12.6. The second-order valence-electron chi connectivity index (χ2n) is 6.56. The zero-order valence-electron chi connectivity index (χ0n) is 15.7. The molecule has 5 nitrogen and oxygen atoms in total. The van der Waals surface area contributed by atoms with E-state index in [1.54, 1.807) is 49.4 Å². The van der Waals surface area contributed by atoms with Gasteiger partial charge in [0.1, 0.15) is 0 Å². The number of amides is 1. The molecule has 0 saturated heterocycles. The lowest BCUT2D eigenvalue weighted by molar-refractivity contribution is 0.102. The second-order valence-corrected chi connectivity index (χ2v) is 9.09. The highest BCUT2D eigenvalue weighted by Gasteiger charge is 2.19. The number of aryl methyl sites for hydroxylation is 2. The Labute approximate surface area is 179 Å². The fourth-order valence-corrected chi connectivity index (χ4v) is 4.55. The number of halogens is 2. The van der Waals surface area contributed by atoms with Gasteiger partial charge in [-0.25, -0.2) is 8.42 Å². The molecule has 0 unspecified atom stereocenters. The van der Waals surface area contributed by atoms with Crippen LogP contribution in [-0.4, -0.2) is 14.3 Å². The third kappa shape index (κ3) is 5.29. The summed E-state index contributed by atoms with van der Waals surface area (Å²) >= 11 is 11.9. The van der Waals surface area contributed by atoms with E-state index in [0.717, 1.165) is 5.56 Å². The molecule has 8 heteroatoms. The van der Waals surface area contributed by atoms with Gasteiger partial charge in [-0.2, -0.15) is 0 Å². The maximum atomic E-state index is 12.9. The summed E-state index contributed by atoms with van der Waals surface area (Å²) in [5, 5.41) is 3.43. The first kappa shape index (κ1) is 21.2. The van der Waals surface area contributed by atoms with Gasteiger partial charge in [-0.3, -0.25) is 9.52 Å². The van der Waals surface area contributed by atoms with Crippen LogP contribution in [-0.2, 0) is 10.0 Å². The summed E-state index contributed by atoms with van der Waals surface area (Å²) < 4.78 is 28.2. The predicted octanol–water partition coefficient (Wildman–Crippen LogP) is 5.66. The van der Waals surface area contributed by atoms with Crippen LogP contribution in [0.3, 0.4) is 0 Å². The maximum Gasteiger partial charge on any atom is 0.262 e. The molecule has 0 saturated carbocycles. The van der Waals surface area contributed by atoms with Crippen LogP contribution >= 0.6 is 23.2 Å². The highest BCUT2D eigenvalue weighted by molar-refractivity contribution is 7.92. The summed E-state index contributed by atoms with van der Waals surface area (Å²) in [7, 11) is -3.87. The third-order valence-electron chi connectivity index (χ3n) is 4.16. The van der Waals surface area contributed by atoms with Crippen LogP contribution in [0.4, 0.5) is 11.4 Å². The Bertz CT molecular complexity index is 1160. The summed E-state index contributed by atoms with van der Waals surface area (Å²) in [5.41, 5.74) is 2.58. The number of nitrogens with one attached hydrogen (secondary N) is 2. The minimum atomic E-state index is -3.87. The van der Waals surface area contributed by atoms with E-state index in [0.29, 0.717) is 27.0 Å². The molecular weight excluding hydrogens is 431 g/mol. The van der Waals surface area contributed by atoms with Crippen LogP contribution < -0.4 is 10.0 Å². The zero-order chi connectivity index (χ0) is 21.2. The van der Waals surface area contributed by atoms with E-state index in [-0.39, 0.29) is 10.5 Å². The quantitative estimate of drug-likeness (QED) is 0.528. The first-order valence-corrected chi connectivity index (χ1v) is 10.9. The molecule has 3 aromatic carbocycles. The zero-order valence-corrected chi connectivity index (χ0v) is 18.0. The molecule has 0 radical (unpaired) electrons. The SMILES string of the molecule is Cc1ccc(NS(=O)(=O)c2cc(C(=O)Nc3cc(Cl)cc(Cl)c3)ccc2C)cc1. The lowest BCUT2D eigenvalue weighted by Gasteiger charge is -2.13. The van der Waals surface area contributed by atoms with Gasteiger partial charge >= 0.3 is 0 Å². The average molecular weight is 449 g/mol. The van der Waals surface area contributed by atoms with Gasteiger partial charge < -0.3 is 5.32 Å². The fraction of sp³-hybridized carbons (Fsp3) is 0.0952. The summed E-state index contributed by atoms with van der Waals surface area (Å²) in [5.74, 6) is -0.477. The van der Waals surface area contributed by atoms with Gasteiger partial charge in [0, 0.05) is 27.0 Å². The molecule has 0 spiro atoms. The highest BCUT2D eigenvalue weighted by Crippen LogP contribution is 2.24. The number of benzene rings is 3. The molecule has 0 aliphatic heterocycles. The van der Waals surface area contributed by atoms with Crippen LogP contribution in [0.5, 0.6) is 0 Å². The Morgan fingerprint density at radius 1 is 0.828 bits per heavy atom. The molecule has 0 aliphatic carbocycles. The molecule has 0 atom stereocenters. The largest absolute Gasteiger partial charge is 0.322 e. The average Bonchev–Trinajstić information content (AvgIpc) is 2.62. The van der Waals surface area contributed by atoms with E-state index in [9.17, 15) is 13.2 Å². The monoisotopic (exact) mass is 448 g/mol. The molecule has 0 aliphatic rings. The Balaban J connectivity index is 1.88. The molecule has 2 N–H and O–H groups in total. The van der Waals surface area contributed by atoms with Crippen molar-refractivity contribution >= 4 is 50.5 Å². The van der Waals surface area contributed by atoms with Gasteiger partial charge in [-0.1, -0.05) is 47.0 Å². The lowest BCUT2D eigenvalue weighted by atomic mass is 10.1. The predicted molar refractivity (Wildman–Crippen MR) is 118 cm³/mol. The second kappa shape index (κ2) is 8.45. The number of rotatable bonds is 5. The topological polar surface area (TPSA) is 75.3 Å². The molecule has 0 fully saturated rings. The van der Waals surface area contributed by atoms with Crippen molar-refractivity contribution in [1.82, 2.24) is 0 Å². The summed E-state index contributed by atoms with van der Waals surface area (Å²) in [6, 6.07) is 16.1. The summed E-state index contributed by atoms with van der Waals surface area (Å²) in [6.07, 6.45) is 0. The van der Waals surface area contributed by atoms with E-state index < -0.39 is 15.9 Å². The van der Waals surface area contributed by atoms with E-state index in [1.165, 1.54) is 6.07 Å². The van der Waals surface area contributed by atoms with Crippen molar-refractivity contribution in [3.05, 3.63) is 87.4 Å². The van der Waals surface area contributed by atoms with Gasteiger partial charge in [0.05, 0.1) is 4.90 Å². The molecule has 29 heavy (non-hydrogen) atoms. The Hall–Kier alpha value is -2.54. The number of hydrogen-bond acceptors (Lipinski definition) is 3. The Kier molecular flexibility index (Phi) is 6.17. The molecule has 1 amide bonds. The van der Waals surface area contributed by atoms with E-state index in [1.807, 2.05) is 19.1 Å². The first-order chi connectivity index (χ1) is 13.6. The van der Waals surface area contributed by atoms with Gasteiger partial charge in [0.2, 0.25) is 0 Å². The first-order valence-electron chi connectivity index (χ1n) is 8.62. The molecule has 0 bridgehead atoms. The molecule has 0 heterocycles. The smallest absolute Gasteiger partial charge is 0.262 e. The number of carbonyl (C=O) groups is 1. The number of sulfonamides is 1. The molecular formula is C21H18Cl2N2O3S. The normalized spacial score (nSPS) is 11.2. The van der Waals surface area contributed by atoms with Crippen molar-refractivity contribution in [3.63, 3.8) is 0 Å². The number of hydrogen-bond donors (Lipinski definition) is 2. The van der Waals surface area contributed by atoms with Crippen LogP contribution in [0, 0.1) is 13.8 Å².